The number of nitrogens with one attached hydrogen (secondary N) is 3. The Hall–Kier alpha value is -4.09. The number of piperazine rings is 1. The zero-order valence-electron chi connectivity index (χ0n) is 29.7. The van der Waals surface area contributed by atoms with Crippen molar-refractivity contribution >= 4 is 40.5 Å². The van der Waals surface area contributed by atoms with Crippen molar-refractivity contribution in [2.45, 2.75) is 51.7 Å². The summed E-state index contributed by atoms with van der Waals surface area (Å²) in [7, 11) is 1.50. The fourth-order valence-electron chi connectivity index (χ4n) is 6.53. The number of nitrogens with zero attached hydrogens (tertiary/aromatic N) is 4. The number of anilines is 3. The Balaban J connectivity index is 0.00000230. The molecule has 3 aromatic carbocycles. The smallest absolute Gasteiger partial charge is 0.148 e. The van der Waals surface area contributed by atoms with Crippen LogP contribution in [0.5, 0.6) is 5.75 Å². The van der Waals surface area contributed by atoms with E-state index in [9.17, 15) is 15.1 Å². The SMILES string of the molecule is CC.CN(O)C(CCC=O)Nc1ccc(N2CCN(C3CCN(c4ccc(/C(=C/C(=N)c5ccccc5O)C(=N)N)cc4)CC3)CC2)c(F)c1.[W]. The van der Waals surface area contributed by atoms with Crippen LogP contribution < -0.4 is 20.9 Å². The molecule has 2 saturated heterocycles. The van der Waals surface area contributed by atoms with Crippen molar-refractivity contribution in [1.82, 2.24) is 9.96 Å². The van der Waals surface area contributed by atoms with Gasteiger partial charge in [-0.25, -0.2) is 4.39 Å². The maximum atomic E-state index is 15.2. The third kappa shape index (κ3) is 10.9. The maximum absolute atomic E-state index is 15.2. The molecule has 0 amide bonds. The van der Waals surface area contributed by atoms with E-state index in [2.05, 4.69) is 20.0 Å². The average molecular weight is 871 g/mol. The van der Waals surface area contributed by atoms with Crippen molar-refractivity contribution in [3.63, 3.8) is 0 Å². The number of hydrogen-bond acceptors (Lipinski definition) is 10. The zero-order valence-corrected chi connectivity index (χ0v) is 32.6. The molecule has 2 heterocycles. The van der Waals surface area contributed by atoms with Gasteiger partial charge in [-0.3, -0.25) is 10.3 Å². The normalized spacial score (nSPS) is 16.1. The van der Waals surface area contributed by atoms with Crippen LogP contribution in [-0.2, 0) is 25.9 Å². The molecule has 5 rings (SSSR count). The van der Waals surface area contributed by atoms with Gasteiger partial charge in [0.2, 0.25) is 0 Å². The largest absolute Gasteiger partial charge is 0.507 e. The molecule has 2 aliphatic heterocycles. The average Bonchev–Trinajstić information content (AvgIpc) is 3.13. The van der Waals surface area contributed by atoms with Crippen molar-refractivity contribution in [2.24, 2.45) is 5.73 Å². The molecule has 274 valence electrons. The number of allylic oxidation sites excluding steroid dienone is 1. The Kier molecular flexibility index (Phi) is 16.3. The number of para-hydroxylation sites is 1. The van der Waals surface area contributed by atoms with E-state index in [0.29, 0.717) is 35.0 Å². The predicted octanol–water partition coefficient (Wildman–Crippen LogP) is 5.77. The standard InChI is InChI=1S/C36H45FN8O3.C2H6.W/c1-42(48)35(7-4-22-46)41-26-10-13-33(31(37)23-26)45-20-18-44(19-21-45)28-14-16-43(17-15-28)27-11-8-25(9-12-27)30(36(39)40)24-32(38)29-5-2-3-6-34(29)47;1-2;/h2-3,5-6,8-13,22-24,28,35,38,41,47-48H,4,7,14-21H2,1H3,(H3,39,40);1-2H3;/b30-24-,38-32?;;. The second kappa shape index (κ2) is 20.1. The Morgan fingerprint density at radius 3 is 2.22 bits per heavy atom. The second-order valence-corrected chi connectivity index (χ2v) is 12.3. The fraction of sp³-hybridized carbons (Fsp3) is 0.395. The summed E-state index contributed by atoms with van der Waals surface area (Å²) in [5.41, 5.74) is 9.72. The Morgan fingerprint density at radius 1 is 1.00 bits per heavy atom. The van der Waals surface area contributed by atoms with Gasteiger partial charge in [-0.2, -0.15) is 5.06 Å². The number of carbonyl (C=O) groups excluding carboxylic acids is 1. The first-order valence-electron chi connectivity index (χ1n) is 17.3. The summed E-state index contributed by atoms with van der Waals surface area (Å²) in [5, 5.41) is 40.6. The Bertz CT molecular complexity index is 1620. The van der Waals surface area contributed by atoms with E-state index in [-0.39, 0.29) is 50.6 Å². The number of aldehydes is 1. The minimum absolute atomic E-state index is 0. The number of piperidine rings is 1. The molecule has 1 atom stereocenters. The number of phenols is 1. The minimum atomic E-state index is -0.491. The number of rotatable bonds is 13. The molecule has 13 heteroatoms. The minimum Gasteiger partial charge on any atom is -0.507 e. The third-order valence-corrected chi connectivity index (χ3v) is 9.24. The summed E-state index contributed by atoms with van der Waals surface area (Å²) < 4.78 is 15.2. The molecule has 0 saturated carbocycles. The van der Waals surface area contributed by atoms with Crippen molar-refractivity contribution in [1.29, 1.82) is 10.8 Å². The van der Waals surface area contributed by atoms with E-state index < -0.39 is 6.17 Å². The molecule has 11 nitrogen and oxygen atoms in total. The van der Waals surface area contributed by atoms with Gasteiger partial charge in [-0.05, 0) is 73.4 Å². The number of benzene rings is 3. The number of carbonyl (C=O) groups is 1. The van der Waals surface area contributed by atoms with Crippen molar-refractivity contribution in [3.05, 3.63) is 89.8 Å². The molecular formula is C38H51FN8O3W. The van der Waals surface area contributed by atoms with E-state index >= 15 is 4.39 Å². The molecule has 0 radical (unpaired) electrons. The first kappa shape index (κ1) is 41.3. The van der Waals surface area contributed by atoms with Crippen LogP contribution in [0.25, 0.3) is 5.57 Å². The van der Waals surface area contributed by atoms with Crippen molar-refractivity contribution in [3.8, 4) is 5.75 Å². The molecule has 7 N–H and O–H groups in total. The van der Waals surface area contributed by atoms with Crippen molar-refractivity contribution in [2.75, 3.05) is 61.4 Å². The topological polar surface area (TPSA) is 156 Å². The van der Waals surface area contributed by atoms with Crippen LogP contribution in [0.4, 0.5) is 21.5 Å². The van der Waals surface area contributed by atoms with Gasteiger partial charge in [0.05, 0.1) is 11.4 Å². The van der Waals surface area contributed by atoms with Gasteiger partial charge in [-0.1, -0.05) is 38.1 Å². The summed E-state index contributed by atoms with van der Waals surface area (Å²) in [6, 6.07) is 20.0. The van der Waals surface area contributed by atoms with Gasteiger partial charge in [0.25, 0.3) is 0 Å². The number of aromatic hydroxyl groups is 1. The van der Waals surface area contributed by atoms with Crippen LogP contribution in [0.2, 0.25) is 0 Å². The fourth-order valence-corrected chi connectivity index (χ4v) is 6.53. The second-order valence-electron chi connectivity index (χ2n) is 12.3. The van der Waals surface area contributed by atoms with Crippen LogP contribution in [0.1, 0.15) is 50.7 Å². The number of nitrogens with two attached hydrogens (primary N) is 1. The summed E-state index contributed by atoms with van der Waals surface area (Å²) in [6.45, 7) is 9.02. The van der Waals surface area contributed by atoms with Crippen LogP contribution in [-0.4, -0.2) is 96.6 Å². The number of phenolic OH excluding ortho intramolecular Hbond substituents is 1. The summed E-state index contributed by atoms with van der Waals surface area (Å²) in [5.74, 6) is -0.458. The molecule has 51 heavy (non-hydrogen) atoms. The predicted molar refractivity (Wildman–Crippen MR) is 200 cm³/mol. The van der Waals surface area contributed by atoms with E-state index in [4.69, 9.17) is 16.6 Å². The number of amidine groups is 1. The molecular weight excluding hydrogens is 819 g/mol. The number of hydroxylamine groups is 2. The van der Waals surface area contributed by atoms with Crippen LogP contribution >= 0.6 is 0 Å². The molecule has 3 aromatic rings. The summed E-state index contributed by atoms with van der Waals surface area (Å²) in [4.78, 5) is 17.7. The Labute approximate surface area is 315 Å². The van der Waals surface area contributed by atoms with Gasteiger partial charge < -0.3 is 41.4 Å². The van der Waals surface area contributed by atoms with Gasteiger partial charge in [-0.15, -0.1) is 0 Å². The first-order chi connectivity index (χ1) is 24.1. The number of halogens is 1. The third-order valence-electron chi connectivity index (χ3n) is 9.24. The molecule has 1 unspecified atom stereocenters. The van der Waals surface area contributed by atoms with E-state index in [1.807, 2.05) is 44.2 Å². The summed E-state index contributed by atoms with van der Waals surface area (Å²) in [6.07, 6.45) is 4.57. The molecule has 2 aliphatic rings. The van der Waals surface area contributed by atoms with Gasteiger partial charge in [0, 0.05) is 102 Å². The molecule has 0 aromatic heterocycles. The zero-order chi connectivity index (χ0) is 36.2. The van der Waals surface area contributed by atoms with Gasteiger partial charge >= 0.3 is 0 Å². The summed E-state index contributed by atoms with van der Waals surface area (Å²) >= 11 is 0. The Morgan fingerprint density at radius 2 is 1.65 bits per heavy atom. The molecule has 0 bridgehead atoms. The van der Waals surface area contributed by atoms with Crippen LogP contribution in [0, 0.1) is 16.6 Å². The van der Waals surface area contributed by atoms with Gasteiger partial charge in [0.1, 0.15) is 29.9 Å². The van der Waals surface area contributed by atoms with E-state index in [0.717, 1.165) is 74.7 Å². The quantitative estimate of drug-likeness (QED) is 0.0413. The van der Waals surface area contributed by atoms with Crippen LogP contribution in [0.3, 0.4) is 0 Å². The van der Waals surface area contributed by atoms with Gasteiger partial charge in [0.15, 0.2) is 0 Å². The van der Waals surface area contributed by atoms with E-state index in [1.54, 1.807) is 24.3 Å². The monoisotopic (exact) mass is 870 g/mol. The van der Waals surface area contributed by atoms with Crippen LogP contribution in [0.15, 0.2) is 72.8 Å². The number of hydrogen-bond donors (Lipinski definition) is 6. The molecule has 2 fully saturated rings. The first-order valence-corrected chi connectivity index (χ1v) is 17.3. The van der Waals surface area contributed by atoms with E-state index in [1.165, 1.54) is 25.3 Å². The molecule has 0 aliphatic carbocycles. The van der Waals surface area contributed by atoms with Crippen molar-refractivity contribution < 1.29 is 40.6 Å². The molecule has 0 spiro atoms. The maximum Gasteiger partial charge on any atom is 0.148 e.